The number of nitriles is 1. The molecule has 0 heterocycles. The lowest BCUT2D eigenvalue weighted by Gasteiger charge is -2.16. The third-order valence-corrected chi connectivity index (χ3v) is 2.21. The molecule has 1 aromatic rings. The minimum Gasteiger partial charge on any atom is -0.464 e. The largest absolute Gasteiger partial charge is 0.464 e. The topological polar surface area (TPSA) is 145 Å². The van der Waals surface area contributed by atoms with Crippen LogP contribution in [-0.4, -0.2) is 27.3 Å². The number of hydrogen-bond acceptors (Lipinski definition) is 5. The van der Waals surface area contributed by atoms with Crippen LogP contribution in [-0.2, 0) is 0 Å². The van der Waals surface area contributed by atoms with Crippen molar-refractivity contribution in [3.05, 3.63) is 33.4 Å². The van der Waals surface area contributed by atoms with Gasteiger partial charge in [0.15, 0.2) is 0 Å². The fraction of sp³-hybridized carbons (Fsp3) is 0.100. The Labute approximate surface area is 106 Å². The Morgan fingerprint density at radius 3 is 2.26 bits per heavy atom. The van der Waals surface area contributed by atoms with E-state index in [2.05, 4.69) is 0 Å². The molecule has 9 nitrogen and oxygen atoms in total. The summed E-state index contributed by atoms with van der Waals surface area (Å²) in [6.07, 6.45) is -3.74. The number of aryl methyl sites for hydroxylation is 1. The van der Waals surface area contributed by atoms with Crippen molar-refractivity contribution in [1.29, 1.82) is 5.26 Å². The zero-order valence-corrected chi connectivity index (χ0v) is 9.52. The first-order valence-corrected chi connectivity index (χ1v) is 4.74. The van der Waals surface area contributed by atoms with Crippen molar-refractivity contribution in [2.24, 2.45) is 0 Å². The third kappa shape index (κ3) is 2.58. The molecular formula is C10H7N3O6. The van der Waals surface area contributed by atoms with E-state index in [9.17, 15) is 19.7 Å². The number of carboxylic acid groups (broad SMARTS) is 2. The highest BCUT2D eigenvalue weighted by molar-refractivity contribution is 6.10. The van der Waals surface area contributed by atoms with Gasteiger partial charge in [0.25, 0.3) is 5.69 Å². The van der Waals surface area contributed by atoms with Crippen molar-refractivity contribution >= 4 is 23.6 Å². The summed E-state index contributed by atoms with van der Waals surface area (Å²) in [5.41, 5.74) is -1.43. The number of nitro groups is 1. The Morgan fingerprint density at radius 1 is 1.37 bits per heavy atom. The van der Waals surface area contributed by atoms with Gasteiger partial charge in [0, 0.05) is 6.07 Å². The van der Waals surface area contributed by atoms with E-state index < -0.39 is 28.5 Å². The van der Waals surface area contributed by atoms with Crippen LogP contribution in [0.15, 0.2) is 12.1 Å². The highest BCUT2D eigenvalue weighted by Gasteiger charge is 2.32. The Morgan fingerprint density at radius 2 is 1.89 bits per heavy atom. The molecule has 2 amide bonds. The molecule has 0 atom stereocenters. The van der Waals surface area contributed by atoms with Crippen LogP contribution in [0.5, 0.6) is 0 Å². The smallest absolute Gasteiger partial charge is 0.421 e. The molecule has 19 heavy (non-hydrogen) atoms. The van der Waals surface area contributed by atoms with Gasteiger partial charge < -0.3 is 10.2 Å². The molecule has 0 unspecified atom stereocenters. The van der Waals surface area contributed by atoms with E-state index in [-0.39, 0.29) is 16.0 Å². The van der Waals surface area contributed by atoms with Gasteiger partial charge >= 0.3 is 12.2 Å². The second kappa shape index (κ2) is 5.01. The van der Waals surface area contributed by atoms with Gasteiger partial charge in [-0.1, -0.05) is 0 Å². The van der Waals surface area contributed by atoms with Gasteiger partial charge in [-0.2, -0.15) is 10.2 Å². The lowest BCUT2D eigenvalue weighted by molar-refractivity contribution is -0.384. The normalized spacial score (nSPS) is 9.47. The molecule has 0 spiro atoms. The standard InChI is InChI=1S/C10H7N3O6/c1-5-2-6(4-11)3-7(13(18)19)8(5)12(9(14)15)10(16)17/h2-3H,1H3,(H,14,15)(H,16,17). The summed E-state index contributed by atoms with van der Waals surface area (Å²) in [5, 5.41) is 37.2. The molecule has 0 aromatic heterocycles. The Hall–Kier alpha value is -3.15. The predicted octanol–water partition coefficient (Wildman–Crippen LogP) is 1.94. The van der Waals surface area contributed by atoms with Crippen LogP contribution in [0, 0.1) is 28.4 Å². The van der Waals surface area contributed by atoms with Gasteiger partial charge in [0.1, 0.15) is 5.69 Å². The number of carbonyl (C=O) groups is 2. The fourth-order valence-electron chi connectivity index (χ4n) is 1.53. The maximum atomic E-state index is 10.9. The monoisotopic (exact) mass is 265 g/mol. The number of rotatable bonds is 2. The molecular weight excluding hydrogens is 258 g/mol. The van der Waals surface area contributed by atoms with Crippen molar-refractivity contribution in [3.63, 3.8) is 0 Å². The first kappa shape index (κ1) is 13.9. The maximum absolute atomic E-state index is 10.9. The minimum atomic E-state index is -1.87. The van der Waals surface area contributed by atoms with Crippen LogP contribution in [0.25, 0.3) is 0 Å². The van der Waals surface area contributed by atoms with Crippen molar-refractivity contribution in [2.75, 3.05) is 4.90 Å². The molecule has 0 bridgehead atoms. The zero-order chi connectivity index (χ0) is 14.7. The van der Waals surface area contributed by atoms with Gasteiger partial charge in [-0.05, 0) is 18.6 Å². The SMILES string of the molecule is Cc1cc(C#N)cc([N+](=O)[O-])c1N(C(=O)O)C(=O)O. The molecule has 98 valence electrons. The van der Waals surface area contributed by atoms with Gasteiger partial charge in [-0.25, -0.2) is 9.59 Å². The summed E-state index contributed by atoms with van der Waals surface area (Å²) in [5.74, 6) is 0. The lowest BCUT2D eigenvalue weighted by atomic mass is 10.1. The third-order valence-electron chi connectivity index (χ3n) is 2.21. The first-order valence-electron chi connectivity index (χ1n) is 4.74. The average Bonchev–Trinajstić information content (AvgIpc) is 2.29. The number of benzene rings is 1. The van der Waals surface area contributed by atoms with E-state index in [0.717, 1.165) is 6.07 Å². The van der Waals surface area contributed by atoms with Gasteiger partial charge in [0.2, 0.25) is 0 Å². The quantitative estimate of drug-likeness (QED) is 0.613. The maximum Gasteiger partial charge on any atom is 0.421 e. The molecule has 0 aliphatic rings. The molecule has 1 aromatic carbocycles. The first-order chi connectivity index (χ1) is 8.79. The number of nitro benzene ring substituents is 1. The van der Waals surface area contributed by atoms with E-state index in [1.807, 2.05) is 0 Å². The molecule has 9 heteroatoms. The molecule has 0 fully saturated rings. The number of imide groups is 1. The van der Waals surface area contributed by atoms with Gasteiger partial charge in [0.05, 0.1) is 16.6 Å². The van der Waals surface area contributed by atoms with E-state index in [0.29, 0.717) is 0 Å². The van der Waals surface area contributed by atoms with E-state index in [1.54, 1.807) is 6.07 Å². The molecule has 0 saturated heterocycles. The summed E-state index contributed by atoms with van der Waals surface area (Å²) in [7, 11) is 0. The van der Waals surface area contributed by atoms with Crippen molar-refractivity contribution in [1.82, 2.24) is 0 Å². The van der Waals surface area contributed by atoms with Crippen molar-refractivity contribution in [3.8, 4) is 6.07 Å². The second-order valence-electron chi connectivity index (χ2n) is 3.43. The van der Waals surface area contributed by atoms with Crippen LogP contribution in [0.2, 0.25) is 0 Å². The highest BCUT2D eigenvalue weighted by atomic mass is 16.6. The summed E-state index contributed by atoms with van der Waals surface area (Å²) in [4.78, 5) is 31.5. The van der Waals surface area contributed by atoms with E-state index in [1.165, 1.54) is 13.0 Å². The number of hydrogen-bond donors (Lipinski definition) is 2. The van der Waals surface area contributed by atoms with Crippen molar-refractivity contribution in [2.45, 2.75) is 6.92 Å². The summed E-state index contributed by atoms with van der Waals surface area (Å²) >= 11 is 0. The van der Waals surface area contributed by atoms with Crippen LogP contribution in [0.4, 0.5) is 21.0 Å². The summed E-state index contributed by atoms with van der Waals surface area (Å²) in [6.45, 7) is 1.28. The number of nitrogens with zero attached hydrogens (tertiary/aromatic N) is 3. The average molecular weight is 265 g/mol. The van der Waals surface area contributed by atoms with Crippen LogP contribution in [0.3, 0.4) is 0 Å². The Bertz CT molecular complexity index is 604. The molecule has 0 aliphatic heterocycles. The van der Waals surface area contributed by atoms with Crippen molar-refractivity contribution < 1.29 is 24.7 Å². The number of anilines is 1. The molecule has 2 N–H and O–H groups in total. The lowest BCUT2D eigenvalue weighted by Crippen LogP contribution is -2.35. The Kier molecular flexibility index (Phi) is 3.67. The van der Waals surface area contributed by atoms with E-state index in [4.69, 9.17) is 15.5 Å². The summed E-state index contributed by atoms with van der Waals surface area (Å²) < 4.78 is 0. The van der Waals surface area contributed by atoms with Gasteiger partial charge in [-0.3, -0.25) is 10.1 Å². The van der Waals surface area contributed by atoms with Crippen LogP contribution >= 0.6 is 0 Å². The molecule has 0 aliphatic carbocycles. The summed E-state index contributed by atoms with van der Waals surface area (Å²) in [6, 6.07) is 3.66. The molecule has 0 saturated carbocycles. The Balaban J connectivity index is 3.67. The molecule has 1 rings (SSSR count). The van der Waals surface area contributed by atoms with Gasteiger partial charge in [-0.15, -0.1) is 0 Å². The fourth-order valence-corrected chi connectivity index (χ4v) is 1.53. The van der Waals surface area contributed by atoms with E-state index >= 15 is 0 Å². The minimum absolute atomic E-state index is 0.00412. The predicted molar refractivity (Wildman–Crippen MR) is 61.1 cm³/mol. The number of amides is 2. The molecule has 0 radical (unpaired) electrons. The zero-order valence-electron chi connectivity index (χ0n) is 9.52. The highest BCUT2D eigenvalue weighted by Crippen LogP contribution is 2.33. The second-order valence-corrected chi connectivity index (χ2v) is 3.43. The van der Waals surface area contributed by atoms with Crippen LogP contribution < -0.4 is 4.90 Å². The van der Waals surface area contributed by atoms with Crippen LogP contribution in [0.1, 0.15) is 11.1 Å².